The van der Waals surface area contributed by atoms with Crippen LogP contribution in [0.3, 0.4) is 0 Å². The summed E-state index contributed by atoms with van der Waals surface area (Å²) in [6, 6.07) is 11.8. The number of fused-ring (bicyclic) bond motifs is 1. The van der Waals surface area contributed by atoms with Gasteiger partial charge >= 0.3 is 0 Å². The summed E-state index contributed by atoms with van der Waals surface area (Å²) in [6.07, 6.45) is 0. The van der Waals surface area contributed by atoms with Gasteiger partial charge in [-0.2, -0.15) is 0 Å². The van der Waals surface area contributed by atoms with Crippen molar-refractivity contribution < 1.29 is 4.79 Å². The van der Waals surface area contributed by atoms with Gasteiger partial charge in [-0.05, 0) is 74.7 Å². The summed E-state index contributed by atoms with van der Waals surface area (Å²) in [7, 11) is 0. The number of rotatable bonds is 2. The molecule has 0 saturated carbocycles. The van der Waals surface area contributed by atoms with E-state index in [4.69, 9.17) is 0 Å². The minimum absolute atomic E-state index is 0.0786. The van der Waals surface area contributed by atoms with Gasteiger partial charge in [0.25, 0.3) is 5.91 Å². The van der Waals surface area contributed by atoms with Gasteiger partial charge in [-0.15, -0.1) is 0 Å². The van der Waals surface area contributed by atoms with Crippen LogP contribution in [0.25, 0.3) is 10.9 Å². The molecule has 1 amide bonds. The van der Waals surface area contributed by atoms with Gasteiger partial charge in [0.2, 0.25) is 0 Å². The molecule has 0 radical (unpaired) electrons. The Balaban J connectivity index is 1.93. The van der Waals surface area contributed by atoms with Crippen LogP contribution in [0, 0.1) is 27.7 Å². The highest BCUT2D eigenvalue weighted by molar-refractivity contribution is 6.06. The molecular weight excluding hydrogens is 272 g/mol. The SMILES string of the molecule is Cc1cc(C)cc(NC(=O)c2ccc3[nH]c(C)c(C)c3c2)c1. The molecule has 0 atom stereocenters. The molecule has 3 nitrogen and oxygen atoms in total. The average Bonchev–Trinajstić information content (AvgIpc) is 2.72. The molecule has 3 aromatic rings. The molecule has 0 unspecified atom stereocenters. The molecule has 22 heavy (non-hydrogen) atoms. The summed E-state index contributed by atoms with van der Waals surface area (Å²) in [5.74, 6) is -0.0786. The summed E-state index contributed by atoms with van der Waals surface area (Å²) in [5, 5.41) is 4.08. The summed E-state index contributed by atoms with van der Waals surface area (Å²) in [6.45, 7) is 8.17. The summed E-state index contributed by atoms with van der Waals surface area (Å²) < 4.78 is 0. The largest absolute Gasteiger partial charge is 0.358 e. The molecule has 1 aromatic heterocycles. The molecule has 0 fully saturated rings. The average molecular weight is 292 g/mol. The highest BCUT2D eigenvalue weighted by Gasteiger charge is 2.10. The Morgan fingerprint density at radius 1 is 0.955 bits per heavy atom. The van der Waals surface area contributed by atoms with Crippen LogP contribution >= 0.6 is 0 Å². The summed E-state index contributed by atoms with van der Waals surface area (Å²) >= 11 is 0. The molecule has 2 aromatic carbocycles. The number of aryl methyl sites for hydroxylation is 4. The number of aromatic amines is 1. The first-order valence-corrected chi connectivity index (χ1v) is 7.42. The fourth-order valence-corrected chi connectivity index (χ4v) is 2.85. The van der Waals surface area contributed by atoms with Crippen LogP contribution in [0.1, 0.15) is 32.7 Å². The molecule has 3 heteroatoms. The lowest BCUT2D eigenvalue weighted by atomic mass is 10.1. The maximum Gasteiger partial charge on any atom is 0.255 e. The summed E-state index contributed by atoms with van der Waals surface area (Å²) in [4.78, 5) is 15.8. The minimum Gasteiger partial charge on any atom is -0.358 e. The van der Waals surface area contributed by atoms with Crippen molar-refractivity contribution in [3.05, 3.63) is 64.3 Å². The molecule has 0 spiro atoms. The fraction of sp³-hybridized carbons (Fsp3) is 0.211. The molecule has 3 rings (SSSR count). The van der Waals surface area contributed by atoms with E-state index in [1.54, 1.807) is 0 Å². The zero-order valence-electron chi connectivity index (χ0n) is 13.4. The standard InChI is InChI=1S/C19H20N2O/c1-11-7-12(2)9-16(8-11)21-19(22)15-5-6-18-17(10-15)13(3)14(4)20-18/h5-10,20H,1-4H3,(H,21,22). The van der Waals surface area contributed by atoms with Gasteiger partial charge in [0.15, 0.2) is 0 Å². The Morgan fingerprint density at radius 3 is 2.32 bits per heavy atom. The van der Waals surface area contributed by atoms with Crippen molar-refractivity contribution in [1.29, 1.82) is 0 Å². The van der Waals surface area contributed by atoms with Gasteiger partial charge in [0.05, 0.1) is 0 Å². The first-order valence-electron chi connectivity index (χ1n) is 7.42. The second-order valence-corrected chi connectivity index (χ2v) is 5.97. The first kappa shape index (κ1) is 14.4. The van der Waals surface area contributed by atoms with Gasteiger partial charge in [0, 0.05) is 27.8 Å². The van der Waals surface area contributed by atoms with Crippen LogP contribution in [0.4, 0.5) is 5.69 Å². The van der Waals surface area contributed by atoms with E-state index in [1.807, 2.05) is 51.1 Å². The normalized spacial score (nSPS) is 10.9. The highest BCUT2D eigenvalue weighted by atomic mass is 16.1. The van der Waals surface area contributed by atoms with Crippen molar-refractivity contribution >= 4 is 22.5 Å². The van der Waals surface area contributed by atoms with Crippen LogP contribution in [0.2, 0.25) is 0 Å². The van der Waals surface area contributed by atoms with Gasteiger partial charge < -0.3 is 10.3 Å². The van der Waals surface area contributed by atoms with Gasteiger partial charge in [-0.3, -0.25) is 4.79 Å². The minimum atomic E-state index is -0.0786. The Hall–Kier alpha value is -2.55. The second kappa shape index (κ2) is 5.34. The van der Waals surface area contributed by atoms with Gasteiger partial charge in [0.1, 0.15) is 0 Å². The molecule has 0 bridgehead atoms. The zero-order valence-corrected chi connectivity index (χ0v) is 13.4. The van der Waals surface area contributed by atoms with Crippen LogP contribution in [-0.4, -0.2) is 10.9 Å². The van der Waals surface area contributed by atoms with Crippen molar-refractivity contribution in [3.63, 3.8) is 0 Å². The number of anilines is 1. The quantitative estimate of drug-likeness (QED) is 0.709. The third-order valence-corrected chi connectivity index (χ3v) is 4.05. The molecule has 2 N–H and O–H groups in total. The zero-order chi connectivity index (χ0) is 15.9. The number of benzene rings is 2. The monoisotopic (exact) mass is 292 g/mol. The Labute approximate surface area is 130 Å². The number of nitrogens with one attached hydrogen (secondary N) is 2. The lowest BCUT2D eigenvalue weighted by molar-refractivity contribution is 0.102. The van der Waals surface area contributed by atoms with Gasteiger partial charge in [-0.1, -0.05) is 6.07 Å². The highest BCUT2D eigenvalue weighted by Crippen LogP contribution is 2.23. The Kier molecular flexibility index (Phi) is 3.49. The van der Waals surface area contributed by atoms with Crippen LogP contribution < -0.4 is 5.32 Å². The third-order valence-electron chi connectivity index (χ3n) is 4.05. The topological polar surface area (TPSA) is 44.9 Å². The van der Waals surface area contributed by atoms with E-state index in [-0.39, 0.29) is 5.91 Å². The molecule has 112 valence electrons. The van der Waals surface area contributed by atoms with Crippen molar-refractivity contribution in [3.8, 4) is 0 Å². The maximum atomic E-state index is 12.5. The van der Waals surface area contributed by atoms with Gasteiger partial charge in [-0.25, -0.2) is 0 Å². The van der Waals surface area contributed by atoms with Crippen molar-refractivity contribution in [1.82, 2.24) is 4.98 Å². The molecule has 1 heterocycles. The number of amides is 1. The predicted octanol–water partition coefficient (Wildman–Crippen LogP) is 4.65. The number of carbonyl (C=O) groups excluding carboxylic acids is 1. The second-order valence-electron chi connectivity index (χ2n) is 5.97. The number of carbonyl (C=O) groups is 1. The van der Waals surface area contributed by atoms with Crippen LogP contribution in [0.5, 0.6) is 0 Å². The van der Waals surface area contributed by atoms with Crippen molar-refractivity contribution in [2.24, 2.45) is 0 Å². The van der Waals surface area contributed by atoms with E-state index in [9.17, 15) is 4.79 Å². The van der Waals surface area contributed by atoms with E-state index < -0.39 is 0 Å². The third kappa shape index (κ3) is 2.62. The molecule has 0 saturated heterocycles. The van der Waals surface area contributed by atoms with Crippen molar-refractivity contribution in [2.75, 3.05) is 5.32 Å². The number of aromatic nitrogens is 1. The van der Waals surface area contributed by atoms with Crippen LogP contribution in [0.15, 0.2) is 36.4 Å². The molecule has 0 aliphatic rings. The number of H-pyrrole nitrogens is 1. The van der Waals surface area contributed by atoms with E-state index in [1.165, 1.54) is 5.56 Å². The molecular formula is C19H20N2O. The van der Waals surface area contributed by atoms with Crippen LogP contribution in [-0.2, 0) is 0 Å². The first-order chi connectivity index (χ1) is 10.4. The molecule has 0 aliphatic carbocycles. The van der Waals surface area contributed by atoms with E-state index in [0.29, 0.717) is 5.56 Å². The summed E-state index contributed by atoms with van der Waals surface area (Å²) in [5.41, 5.74) is 7.19. The number of hydrogen-bond acceptors (Lipinski definition) is 1. The van der Waals surface area contributed by atoms with Crippen molar-refractivity contribution in [2.45, 2.75) is 27.7 Å². The Morgan fingerprint density at radius 2 is 1.64 bits per heavy atom. The predicted molar refractivity (Wildman–Crippen MR) is 91.6 cm³/mol. The van der Waals surface area contributed by atoms with E-state index in [2.05, 4.69) is 23.3 Å². The lowest BCUT2D eigenvalue weighted by Crippen LogP contribution is -2.12. The number of hydrogen-bond donors (Lipinski definition) is 2. The Bertz CT molecular complexity index is 854. The lowest BCUT2D eigenvalue weighted by Gasteiger charge is -2.08. The van der Waals surface area contributed by atoms with E-state index >= 15 is 0 Å². The molecule has 0 aliphatic heterocycles. The maximum absolute atomic E-state index is 12.5. The smallest absolute Gasteiger partial charge is 0.255 e. The fourth-order valence-electron chi connectivity index (χ4n) is 2.85. The van der Waals surface area contributed by atoms with E-state index in [0.717, 1.165) is 33.4 Å².